The third kappa shape index (κ3) is 2.67. The van der Waals surface area contributed by atoms with E-state index in [2.05, 4.69) is 10.6 Å². The number of hydrogen-bond donors (Lipinski definition) is 0. The molecular formula is C19H21N3O3S. The van der Waals surface area contributed by atoms with Crippen LogP contribution in [0.2, 0.25) is 0 Å². The number of aromatic nitrogens is 1. The largest absolute Gasteiger partial charge is 0.343 e. The van der Waals surface area contributed by atoms with Crippen molar-refractivity contribution in [3.8, 4) is 0 Å². The Morgan fingerprint density at radius 3 is 2.81 bits per heavy atom. The second kappa shape index (κ2) is 6.39. The predicted molar refractivity (Wildman–Crippen MR) is 98.5 cm³/mol. The Kier molecular flexibility index (Phi) is 4.19. The number of amides is 3. The van der Waals surface area contributed by atoms with Crippen molar-refractivity contribution in [1.29, 1.82) is 0 Å². The molecule has 0 N–H and O–H groups in total. The number of rotatable bonds is 5. The molecule has 1 atom stereocenters. The van der Waals surface area contributed by atoms with Crippen LogP contribution in [0.15, 0.2) is 23.6 Å². The Hall–Kier alpha value is -2.41. The Morgan fingerprint density at radius 2 is 2.12 bits per heavy atom. The fourth-order valence-electron chi connectivity index (χ4n) is 3.94. The van der Waals surface area contributed by atoms with Crippen LogP contribution in [-0.2, 0) is 11.3 Å². The molecule has 0 saturated carbocycles. The molecule has 2 aliphatic heterocycles. The van der Waals surface area contributed by atoms with E-state index in [1.165, 1.54) is 4.88 Å². The second-order valence-electron chi connectivity index (χ2n) is 6.93. The zero-order chi connectivity index (χ0) is 18.4. The average Bonchev–Trinajstić information content (AvgIpc) is 3.37. The van der Waals surface area contributed by atoms with E-state index in [1.54, 1.807) is 16.2 Å². The number of carbonyl (C=O) groups is 3. The monoisotopic (exact) mass is 371 g/mol. The van der Waals surface area contributed by atoms with E-state index in [0.29, 0.717) is 18.5 Å². The topological polar surface area (TPSA) is 62.6 Å². The summed E-state index contributed by atoms with van der Waals surface area (Å²) in [7, 11) is 0. The summed E-state index contributed by atoms with van der Waals surface area (Å²) in [6.07, 6.45) is 1.55. The zero-order valence-corrected chi connectivity index (χ0v) is 15.7. The second-order valence-corrected chi connectivity index (χ2v) is 7.96. The SMILES string of the molecule is Cc1cc(C(=O)CN2C(=O)C3CCCN3C2=O)c(C)n1Cc1cccs1. The summed E-state index contributed by atoms with van der Waals surface area (Å²) in [5.74, 6) is -0.411. The summed E-state index contributed by atoms with van der Waals surface area (Å²) < 4.78 is 2.10. The molecule has 136 valence electrons. The number of urea groups is 1. The lowest BCUT2D eigenvalue weighted by molar-refractivity contribution is -0.127. The highest BCUT2D eigenvalue weighted by Gasteiger charge is 2.47. The first-order chi connectivity index (χ1) is 12.5. The molecule has 0 bridgehead atoms. The van der Waals surface area contributed by atoms with Crippen molar-refractivity contribution in [2.45, 2.75) is 39.3 Å². The lowest BCUT2D eigenvalue weighted by atomic mass is 10.1. The van der Waals surface area contributed by atoms with Gasteiger partial charge < -0.3 is 9.47 Å². The molecule has 0 aromatic carbocycles. The van der Waals surface area contributed by atoms with Gasteiger partial charge in [-0.05, 0) is 44.2 Å². The van der Waals surface area contributed by atoms with Crippen LogP contribution in [0.4, 0.5) is 4.79 Å². The van der Waals surface area contributed by atoms with Crippen LogP contribution in [0.3, 0.4) is 0 Å². The van der Waals surface area contributed by atoms with E-state index in [4.69, 9.17) is 0 Å². The molecule has 0 aliphatic carbocycles. The number of carbonyl (C=O) groups excluding carboxylic acids is 3. The predicted octanol–water partition coefficient (Wildman–Crippen LogP) is 2.82. The number of nitrogens with zero attached hydrogens (tertiary/aromatic N) is 3. The number of Topliss-reactive ketones (excluding diaryl/α,β-unsaturated/α-hetero) is 1. The molecule has 7 heteroatoms. The number of fused-ring (bicyclic) bond motifs is 1. The van der Waals surface area contributed by atoms with Gasteiger partial charge in [0.15, 0.2) is 5.78 Å². The van der Waals surface area contributed by atoms with Gasteiger partial charge in [0, 0.05) is 28.4 Å². The average molecular weight is 371 g/mol. The van der Waals surface area contributed by atoms with Crippen LogP contribution in [0, 0.1) is 13.8 Å². The molecule has 0 radical (unpaired) electrons. The minimum atomic E-state index is -0.360. The van der Waals surface area contributed by atoms with Gasteiger partial charge in [-0.25, -0.2) is 4.79 Å². The molecule has 2 aliphatic rings. The molecule has 1 unspecified atom stereocenters. The van der Waals surface area contributed by atoms with E-state index in [1.807, 2.05) is 31.4 Å². The number of hydrogen-bond acceptors (Lipinski definition) is 4. The Bertz CT molecular complexity index is 862. The number of thiophene rings is 1. The van der Waals surface area contributed by atoms with Crippen LogP contribution in [0.1, 0.15) is 39.5 Å². The first kappa shape index (κ1) is 17.0. The molecule has 2 saturated heterocycles. The van der Waals surface area contributed by atoms with Crippen LogP contribution < -0.4 is 0 Å². The quantitative estimate of drug-likeness (QED) is 0.600. The summed E-state index contributed by atoms with van der Waals surface area (Å²) in [5.41, 5.74) is 2.46. The first-order valence-corrected chi connectivity index (χ1v) is 9.69. The van der Waals surface area contributed by atoms with Gasteiger partial charge in [0.1, 0.15) is 6.04 Å². The van der Waals surface area contributed by atoms with E-state index >= 15 is 0 Å². The summed E-state index contributed by atoms with van der Waals surface area (Å²) >= 11 is 1.68. The molecule has 26 heavy (non-hydrogen) atoms. The Morgan fingerprint density at radius 1 is 1.31 bits per heavy atom. The first-order valence-electron chi connectivity index (χ1n) is 8.81. The van der Waals surface area contributed by atoms with Crippen LogP contribution in [0.25, 0.3) is 0 Å². The van der Waals surface area contributed by atoms with Crippen molar-refractivity contribution in [2.75, 3.05) is 13.1 Å². The minimum Gasteiger partial charge on any atom is -0.343 e. The lowest BCUT2D eigenvalue weighted by Crippen LogP contribution is -2.37. The molecule has 3 amide bonds. The molecule has 2 aromatic heterocycles. The van der Waals surface area contributed by atoms with E-state index in [0.717, 1.165) is 29.3 Å². The number of imide groups is 1. The molecular weight excluding hydrogens is 350 g/mol. The third-order valence-electron chi connectivity index (χ3n) is 5.35. The highest BCUT2D eigenvalue weighted by Crippen LogP contribution is 2.28. The van der Waals surface area contributed by atoms with Gasteiger partial charge in [-0.3, -0.25) is 14.5 Å². The molecule has 2 fully saturated rings. The van der Waals surface area contributed by atoms with Crippen molar-refractivity contribution in [2.24, 2.45) is 0 Å². The molecule has 0 spiro atoms. The van der Waals surface area contributed by atoms with Crippen molar-refractivity contribution in [3.05, 3.63) is 45.4 Å². The maximum Gasteiger partial charge on any atom is 0.327 e. The van der Waals surface area contributed by atoms with Gasteiger partial charge in [0.05, 0.1) is 13.1 Å². The number of aryl methyl sites for hydroxylation is 1. The summed E-state index contributed by atoms with van der Waals surface area (Å²) in [4.78, 5) is 41.6. The molecule has 2 aromatic rings. The van der Waals surface area contributed by atoms with Crippen molar-refractivity contribution in [1.82, 2.24) is 14.4 Å². The maximum atomic E-state index is 12.8. The zero-order valence-electron chi connectivity index (χ0n) is 14.9. The fraction of sp³-hybridized carbons (Fsp3) is 0.421. The van der Waals surface area contributed by atoms with Gasteiger partial charge in [-0.2, -0.15) is 0 Å². The number of ketones is 1. The fourth-order valence-corrected chi connectivity index (χ4v) is 4.63. The summed E-state index contributed by atoms with van der Waals surface area (Å²) in [6.45, 7) is 5.04. The normalized spacial score (nSPS) is 19.5. The molecule has 4 heterocycles. The van der Waals surface area contributed by atoms with Crippen LogP contribution in [-0.4, -0.2) is 51.2 Å². The highest BCUT2D eigenvalue weighted by atomic mass is 32.1. The summed E-state index contributed by atoms with van der Waals surface area (Å²) in [5, 5.41) is 2.03. The lowest BCUT2D eigenvalue weighted by Gasteiger charge is -2.15. The smallest absolute Gasteiger partial charge is 0.327 e. The molecule has 6 nitrogen and oxygen atoms in total. The van der Waals surface area contributed by atoms with Gasteiger partial charge in [-0.15, -0.1) is 11.3 Å². The minimum absolute atomic E-state index is 0.173. The van der Waals surface area contributed by atoms with Crippen molar-refractivity contribution < 1.29 is 14.4 Å². The van der Waals surface area contributed by atoms with Gasteiger partial charge in [-0.1, -0.05) is 6.07 Å². The van der Waals surface area contributed by atoms with Crippen LogP contribution >= 0.6 is 11.3 Å². The highest BCUT2D eigenvalue weighted by molar-refractivity contribution is 7.09. The van der Waals surface area contributed by atoms with Gasteiger partial charge in [0.2, 0.25) is 0 Å². The maximum absolute atomic E-state index is 12.8. The van der Waals surface area contributed by atoms with Crippen molar-refractivity contribution in [3.63, 3.8) is 0 Å². The Labute approximate surface area is 156 Å². The Balaban J connectivity index is 1.54. The van der Waals surface area contributed by atoms with E-state index in [-0.39, 0.29) is 30.3 Å². The van der Waals surface area contributed by atoms with E-state index in [9.17, 15) is 14.4 Å². The van der Waals surface area contributed by atoms with Gasteiger partial charge in [0.25, 0.3) is 5.91 Å². The van der Waals surface area contributed by atoms with Crippen LogP contribution in [0.5, 0.6) is 0 Å². The standard InChI is InChI=1S/C19H21N3O3S/c1-12-9-15(13(2)21(12)10-14-5-4-8-26-14)17(23)11-22-18(24)16-6-3-7-20(16)19(22)25/h4-5,8-9,16H,3,6-7,10-11H2,1-2H3. The van der Waals surface area contributed by atoms with Crippen molar-refractivity contribution >= 4 is 29.1 Å². The summed E-state index contributed by atoms with van der Waals surface area (Å²) in [6, 6.07) is 5.26. The third-order valence-corrected chi connectivity index (χ3v) is 6.21. The van der Waals surface area contributed by atoms with Gasteiger partial charge >= 0.3 is 6.03 Å². The molecule has 4 rings (SSSR count). The van der Waals surface area contributed by atoms with E-state index < -0.39 is 0 Å².